The topological polar surface area (TPSA) is 29.5 Å². The Morgan fingerprint density at radius 2 is 1.67 bits per heavy atom. The van der Waals surface area contributed by atoms with Crippen molar-refractivity contribution in [1.82, 2.24) is 4.90 Å². The van der Waals surface area contributed by atoms with Crippen LogP contribution in [0.4, 0.5) is 0 Å². The maximum absolute atomic E-state index is 12.8. The summed E-state index contributed by atoms with van der Waals surface area (Å²) in [5.74, 6) is 1.18. The van der Waals surface area contributed by atoms with Crippen LogP contribution in [0.3, 0.4) is 0 Å². The fourth-order valence-electron chi connectivity index (χ4n) is 4.72. The highest BCUT2D eigenvalue weighted by molar-refractivity contribution is 5.83. The fraction of sp³-hybridized carbons (Fsp3) is 0.458. The number of likely N-dealkylation sites (tertiary alicyclic amines) is 1. The van der Waals surface area contributed by atoms with E-state index in [9.17, 15) is 4.79 Å². The number of hydrogen-bond donors (Lipinski definition) is 0. The van der Waals surface area contributed by atoms with E-state index in [0.717, 1.165) is 32.4 Å². The van der Waals surface area contributed by atoms with Crippen LogP contribution in [0, 0.1) is 11.8 Å². The lowest BCUT2D eigenvalue weighted by Gasteiger charge is -2.46. The van der Waals surface area contributed by atoms with Crippen molar-refractivity contribution in [3.63, 3.8) is 0 Å². The van der Waals surface area contributed by atoms with Crippen LogP contribution >= 0.6 is 0 Å². The summed E-state index contributed by atoms with van der Waals surface area (Å²) in [6, 6.07) is 21.3. The molecule has 0 spiro atoms. The monoisotopic (exact) mass is 363 g/mol. The zero-order valence-corrected chi connectivity index (χ0v) is 15.9. The number of rotatable bonds is 7. The van der Waals surface area contributed by atoms with Gasteiger partial charge in [-0.25, -0.2) is 0 Å². The van der Waals surface area contributed by atoms with Gasteiger partial charge >= 0.3 is 0 Å². The molecule has 0 aromatic heterocycles. The normalized spacial score (nSPS) is 25.5. The first-order valence-electron chi connectivity index (χ1n) is 10.2. The van der Waals surface area contributed by atoms with Gasteiger partial charge in [-0.2, -0.15) is 0 Å². The standard InChI is InChI=1S/C24H29NO2/c26-24-16-21-11-13-25(17-19-7-3-1-4-8-19)23(15-21)22(24)12-14-27-18-20-9-5-2-6-10-20/h1-10,21-23H,11-18H2/t21-,22+,23+/m0/s1. The molecule has 3 nitrogen and oxygen atoms in total. The summed E-state index contributed by atoms with van der Waals surface area (Å²) in [6.07, 6.45) is 3.95. The third kappa shape index (κ3) is 4.66. The smallest absolute Gasteiger partial charge is 0.137 e. The van der Waals surface area contributed by atoms with Gasteiger partial charge in [-0.1, -0.05) is 60.7 Å². The minimum absolute atomic E-state index is 0.126. The van der Waals surface area contributed by atoms with Crippen LogP contribution in [0.5, 0.6) is 0 Å². The zero-order valence-electron chi connectivity index (χ0n) is 15.9. The molecule has 2 aromatic carbocycles. The quantitative estimate of drug-likeness (QED) is 0.680. The Morgan fingerprint density at radius 3 is 2.41 bits per heavy atom. The van der Waals surface area contributed by atoms with E-state index in [1.807, 2.05) is 18.2 Å². The van der Waals surface area contributed by atoms with Crippen molar-refractivity contribution < 1.29 is 9.53 Å². The Kier molecular flexibility index (Phi) is 6.00. The average molecular weight is 364 g/mol. The minimum Gasteiger partial charge on any atom is -0.377 e. The summed E-state index contributed by atoms with van der Waals surface area (Å²) in [7, 11) is 0. The molecule has 0 unspecified atom stereocenters. The average Bonchev–Trinajstić information content (AvgIpc) is 2.70. The molecule has 4 rings (SSSR count). The molecule has 27 heavy (non-hydrogen) atoms. The highest BCUT2D eigenvalue weighted by Gasteiger charge is 2.42. The summed E-state index contributed by atoms with van der Waals surface area (Å²) in [5.41, 5.74) is 2.53. The number of fused-ring (bicyclic) bond motifs is 2. The van der Waals surface area contributed by atoms with Crippen LogP contribution in [0.25, 0.3) is 0 Å². The fourth-order valence-corrected chi connectivity index (χ4v) is 4.72. The summed E-state index contributed by atoms with van der Waals surface area (Å²) in [6.45, 7) is 3.35. The first-order valence-corrected chi connectivity index (χ1v) is 10.2. The Hall–Kier alpha value is -1.97. The van der Waals surface area contributed by atoms with E-state index in [4.69, 9.17) is 4.74 Å². The van der Waals surface area contributed by atoms with E-state index in [2.05, 4.69) is 47.4 Å². The summed E-state index contributed by atoms with van der Waals surface area (Å²) < 4.78 is 5.89. The molecular formula is C24H29NO2. The zero-order chi connectivity index (χ0) is 18.5. The van der Waals surface area contributed by atoms with Crippen LogP contribution in [-0.4, -0.2) is 29.9 Å². The molecule has 0 N–H and O–H groups in total. The van der Waals surface area contributed by atoms with Gasteiger partial charge in [0.1, 0.15) is 5.78 Å². The minimum atomic E-state index is 0.126. The Labute approximate surface area is 162 Å². The van der Waals surface area contributed by atoms with Gasteiger partial charge in [-0.05, 0) is 42.9 Å². The van der Waals surface area contributed by atoms with Crippen molar-refractivity contribution in [3.8, 4) is 0 Å². The lowest BCUT2D eigenvalue weighted by Crippen LogP contribution is -2.52. The Morgan fingerprint density at radius 1 is 0.963 bits per heavy atom. The molecule has 2 aromatic rings. The van der Waals surface area contributed by atoms with Crippen LogP contribution in [0.15, 0.2) is 60.7 Å². The van der Waals surface area contributed by atoms with Gasteiger partial charge in [0.2, 0.25) is 0 Å². The second-order valence-corrected chi connectivity index (χ2v) is 8.02. The molecule has 3 atom stereocenters. The predicted octanol–water partition coefficient (Wildman–Crippen LogP) is 4.46. The number of carbonyl (C=O) groups is 1. The van der Waals surface area contributed by atoms with E-state index < -0.39 is 0 Å². The number of nitrogens with zero attached hydrogens (tertiary/aromatic N) is 1. The predicted molar refractivity (Wildman–Crippen MR) is 107 cm³/mol. The number of ether oxygens (including phenoxy) is 1. The Balaban J connectivity index is 1.35. The number of Topliss-reactive ketones (excluding diaryl/α,β-unsaturated/α-hetero) is 1. The number of carbonyl (C=O) groups excluding carboxylic acids is 1. The maximum atomic E-state index is 12.8. The maximum Gasteiger partial charge on any atom is 0.137 e. The van der Waals surface area contributed by atoms with Gasteiger partial charge in [0.15, 0.2) is 0 Å². The van der Waals surface area contributed by atoms with E-state index in [0.29, 0.717) is 31.0 Å². The van der Waals surface area contributed by atoms with Gasteiger partial charge in [-0.3, -0.25) is 9.69 Å². The van der Waals surface area contributed by atoms with Crippen molar-refractivity contribution in [2.45, 2.75) is 44.9 Å². The SMILES string of the molecule is O=C1C[C@H]2CCN(Cc3ccccc3)[C@H](C2)[C@H]1CCOCc1ccccc1. The molecule has 1 saturated heterocycles. The van der Waals surface area contributed by atoms with Gasteiger partial charge < -0.3 is 4.74 Å². The molecular weight excluding hydrogens is 334 g/mol. The van der Waals surface area contributed by atoms with Crippen molar-refractivity contribution in [2.24, 2.45) is 11.8 Å². The van der Waals surface area contributed by atoms with Crippen LogP contribution in [-0.2, 0) is 22.7 Å². The van der Waals surface area contributed by atoms with Gasteiger partial charge in [0.25, 0.3) is 0 Å². The lowest BCUT2D eigenvalue weighted by molar-refractivity contribution is -0.133. The highest BCUT2D eigenvalue weighted by atomic mass is 16.5. The highest BCUT2D eigenvalue weighted by Crippen LogP contribution is 2.38. The molecule has 0 radical (unpaired) electrons. The van der Waals surface area contributed by atoms with E-state index >= 15 is 0 Å². The summed E-state index contributed by atoms with van der Waals surface area (Å²) in [5, 5.41) is 0. The van der Waals surface area contributed by atoms with Crippen molar-refractivity contribution in [3.05, 3.63) is 71.8 Å². The molecule has 0 amide bonds. The van der Waals surface area contributed by atoms with Crippen LogP contribution < -0.4 is 0 Å². The van der Waals surface area contributed by atoms with Gasteiger partial charge in [0.05, 0.1) is 6.61 Å². The summed E-state index contributed by atoms with van der Waals surface area (Å²) in [4.78, 5) is 15.3. The van der Waals surface area contributed by atoms with E-state index in [-0.39, 0.29) is 5.92 Å². The van der Waals surface area contributed by atoms with Crippen molar-refractivity contribution in [1.29, 1.82) is 0 Å². The second-order valence-electron chi connectivity index (χ2n) is 8.02. The van der Waals surface area contributed by atoms with E-state index in [1.165, 1.54) is 17.5 Å². The molecule has 1 aliphatic carbocycles. The van der Waals surface area contributed by atoms with Gasteiger partial charge in [-0.15, -0.1) is 0 Å². The number of benzene rings is 2. The van der Waals surface area contributed by atoms with E-state index in [1.54, 1.807) is 0 Å². The molecule has 2 fully saturated rings. The molecule has 2 aliphatic rings. The van der Waals surface area contributed by atoms with Crippen LogP contribution in [0.1, 0.15) is 36.8 Å². The summed E-state index contributed by atoms with van der Waals surface area (Å²) >= 11 is 0. The number of hydrogen-bond acceptors (Lipinski definition) is 3. The first kappa shape index (κ1) is 18.4. The third-order valence-electron chi connectivity index (χ3n) is 6.15. The molecule has 1 aliphatic heterocycles. The Bertz CT molecular complexity index is 731. The third-order valence-corrected chi connectivity index (χ3v) is 6.15. The lowest BCUT2D eigenvalue weighted by atomic mass is 9.71. The second kappa shape index (κ2) is 8.81. The molecule has 142 valence electrons. The van der Waals surface area contributed by atoms with Gasteiger partial charge in [0, 0.05) is 31.5 Å². The van der Waals surface area contributed by atoms with Crippen LogP contribution in [0.2, 0.25) is 0 Å². The molecule has 2 bridgehead atoms. The van der Waals surface area contributed by atoms with Crippen molar-refractivity contribution in [2.75, 3.05) is 13.2 Å². The first-order chi connectivity index (χ1) is 13.3. The number of piperidine rings is 1. The number of ketones is 1. The molecule has 1 heterocycles. The molecule has 3 heteroatoms. The van der Waals surface area contributed by atoms with Crippen molar-refractivity contribution >= 4 is 5.78 Å². The largest absolute Gasteiger partial charge is 0.377 e. The molecule has 1 saturated carbocycles.